The zero-order valence-corrected chi connectivity index (χ0v) is 10.0. The molecule has 0 aromatic carbocycles. The average Bonchev–Trinajstić information content (AvgIpc) is 2.31. The van der Waals surface area contributed by atoms with Crippen molar-refractivity contribution in [1.29, 1.82) is 0 Å². The number of pyridine rings is 1. The van der Waals surface area contributed by atoms with Crippen LogP contribution in [-0.4, -0.2) is 32.4 Å². The number of nitrogens with zero attached hydrogens (tertiary/aromatic N) is 1. The monoisotopic (exact) mass is 225 g/mol. The van der Waals surface area contributed by atoms with Crippen LogP contribution in [0, 0.1) is 0 Å². The van der Waals surface area contributed by atoms with Crippen LogP contribution in [0.2, 0.25) is 0 Å². The van der Waals surface area contributed by atoms with Crippen molar-refractivity contribution < 1.29 is 9.47 Å². The van der Waals surface area contributed by atoms with E-state index in [0.717, 1.165) is 17.8 Å². The second-order valence-electron chi connectivity index (χ2n) is 3.31. The van der Waals surface area contributed by atoms with E-state index >= 15 is 0 Å². The molecule has 3 N–H and O–H groups in total. The molecule has 1 aromatic rings. The van der Waals surface area contributed by atoms with Gasteiger partial charge in [-0.2, -0.15) is 0 Å². The molecule has 1 aromatic heterocycles. The predicted octanol–water partition coefficient (Wildman–Crippen LogP) is 1.29. The molecule has 0 atom stereocenters. The van der Waals surface area contributed by atoms with Gasteiger partial charge < -0.3 is 20.5 Å². The number of aromatic nitrogens is 1. The van der Waals surface area contributed by atoms with Gasteiger partial charge in [0.05, 0.1) is 24.2 Å². The second-order valence-corrected chi connectivity index (χ2v) is 3.31. The van der Waals surface area contributed by atoms with Gasteiger partial charge in [-0.3, -0.25) is 4.98 Å². The summed E-state index contributed by atoms with van der Waals surface area (Å²) in [5, 5.41) is 2.98. The van der Waals surface area contributed by atoms with Crippen LogP contribution in [0.5, 0.6) is 5.75 Å². The zero-order chi connectivity index (χ0) is 12.0. The molecule has 1 heterocycles. The highest BCUT2D eigenvalue weighted by atomic mass is 16.5. The lowest BCUT2D eigenvalue weighted by Crippen LogP contribution is -2.10. The highest BCUT2D eigenvalue weighted by Gasteiger charge is 2.11. The zero-order valence-electron chi connectivity index (χ0n) is 10.0. The van der Waals surface area contributed by atoms with E-state index in [-0.39, 0.29) is 0 Å². The maximum atomic E-state index is 5.98. The minimum absolute atomic E-state index is 0.475. The van der Waals surface area contributed by atoms with Crippen LogP contribution in [0.3, 0.4) is 0 Å². The number of methoxy groups -OCH3 is 1. The van der Waals surface area contributed by atoms with Crippen molar-refractivity contribution in [3.05, 3.63) is 11.9 Å². The second kappa shape index (κ2) is 6.17. The van der Waals surface area contributed by atoms with Crippen molar-refractivity contribution in [1.82, 2.24) is 4.98 Å². The van der Waals surface area contributed by atoms with Gasteiger partial charge in [-0.25, -0.2) is 0 Å². The van der Waals surface area contributed by atoms with E-state index in [4.69, 9.17) is 15.2 Å². The van der Waals surface area contributed by atoms with Crippen molar-refractivity contribution in [2.24, 2.45) is 0 Å². The number of hydrogen-bond acceptors (Lipinski definition) is 5. The van der Waals surface area contributed by atoms with E-state index in [1.165, 1.54) is 0 Å². The third-order valence-electron chi connectivity index (χ3n) is 2.28. The van der Waals surface area contributed by atoms with Gasteiger partial charge in [-0.05, 0) is 6.42 Å². The Morgan fingerprint density at radius 1 is 1.44 bits per heavy atom. The van der Waals surface area contributed by atoms with E-state index < -0.39 is 0 Å². The Bertz CT molecular complexity index is 342. The number of nitrogen functional groups attached to an aromatic ring is 1. The van der Waals surface area contributed by atoms with Crippen LogP contribution in [0.15, 0.2) is 6.20 Å². The summed E-state index contributed by atoms with van der Waals surface area (Å²) in [5.74, 6) is 0.659. The molecule has 16 heavy (non-hydrogen) atoms. The first-order chi connectivity index (χ1) is 7.74. The number of nitrogens with one attached hydrogen (secondary N) is 1. The van der Waals surface area contributed by atoms with Crippen molar-refractivity contribution in [2.75, 3.05) is 38.4 Å². The molecule has 1 rings (SSSR count). The summed E-state index contributed by atoms with van der Waals surface area (Å²) in [4.78, 5) is 4.30. The van der Waals surface area contributed by atoms with E-state index in [0.29, 0.717) is 24.7 Å². The lowest BCUT2D eigenvalue weighted by atomic mass is 10.2. The SMILES string of the molecule is CCc1ncc(NC)c(N)c1OCCOC. The van der Waals surface area contributed by atoms with Crippen molar-refractivity contribution in [3.8, 4) is 5.75 Å². The normalized spacial score (nSPS) is 10.2. The fourth-order valence-electron chi connectivity index (χ4n) is 1.39. The Kier molecular flexibility index (Phi) is 4.85. The van der Waals surface area contributed by atoms with Crippen molar-refractivity contribution in [2.45, 2.75) is 13.3 Å². The highest BCUT2D eigenvalue weighted by Crippen LogP contribution is 2.31. The molecular formula is C11H19N3O2. The lowest BCUT2D eigenvalue weighted by molar-refractivity contribution is 0.146. The summed E-state index contributed by atoms with van der Waals surface area (Å²) in [6, 6.07) is 0. The number of rotatable bonds is 6. The number of ether oxygens (including phenoxy) is 2. The van der Waals surface area contributed by atoms with Gasteiger partial charge in [0.2, 0.25) is 0 Å². The van der Waals surface area contributed by atoms with Crippen molar-refractivity contribution >= 4 is 11.4 Å². The quantitative estimate of drug-likeness (QED) is 0.714. The van der Waals surface area contributed by atoms with Crippen LogP contribution >= 0.6 is 0 Å². The van der Waals surface area contributed by atoms with Crippen LogP contribution in [0.4, 0.5) is 11.4 Å². The van der Waals surface area contributed by atoms with Gasteiger partial charge in [0.25, 0.3) is 0 Å². The van der Waals surface area contributed by atoms with Crippen LogP contribution in [-0.2, 0) is 11.2 Å². The molecular weight excluding hydrogens is 206 g/mol. The molecule has 0 bridgehead atoms. The molecule has 0 unspecified atom stereocenters. The summed E-state index contributed by atoms with van der Waals surface area (Å²) in [7, 11) is 3.44. The molecule has 0 aliphatic carbocycles. The smallest absolute Gasteiger partial charge is 0.165 e. The molecule has 0 spiro atoms. The maximum Gasteiger partial charge on any atom is 0.165 e. The van der Waals surface area contributed by atoms with Gasteiger partial charge in [0.15, 0.2) is 5.75 Å². The topological polar surface area (TPSA) is 69.4 Å². The predicted molar refractivity (Wildman–Crippen MR) is 64.9 cm³/mol. The first-order valence-electron chi connectivity index (χ1n) is 5.31. The molecule has 0 fully saturated rings. The molecule has 0 radical (unpaired) electrons. The van der Waals surface area contributed by atoms with Crippen LogP contribution in [0.25, 0.3) is 0 Å². The molecule has 90 valence electrons. The standard InChI is InChI=1S/C11H19N3O2/c1-4-8-11(16-6-5-15-3)10(12)9(13-2)7-14-8/h7,13H,4-6H2,1-3H3,(H2,12,14). The fraction of sp³-hybridized carbons (Fsp3) is 0.545. The third kappa shape index (κ3) is 2.76. The number of aryl methyl sites for hydroxylation is 1. The van der Waals surface area contributed by atoms with Gasteiger partial charge in [-0.1, -0.05) is 6.92 Å². The van der Waals surface area contributed by atoms with Gasteiger partial charge >= 0.3 is 0 Å². The van der Waals surface area contributed by atoms with Gasteiger partial charge in [0.1, 0.15) is 12.3 Å². The molecule has 0 saturated carbocycles. The van der Waals surface area contributed by atoms with E-state index in [9.17, 15) is 0 Å². The third-order valence-corrected chi connectivity index (χ3v) is 2.28. The van der Waals surface area contributed by atoms with E-state index in [1.807, 2.05) is 6.92 Å². The lowest BCUT2D eigenvalue weighted by Gasteiger charge is -2.14. The fourth-order valence-corrected chi connectivity index (χ4v) is 1.39. The summed E-state index contributed by atoms with van der Waals surface area (Å²) < 4.78 is 10.5. The summed E-state index contributed by atoms with van der Waals surface area (Å²) in [5.41, 5.74) is 8.24. The molecule has 5 nitrogen and oxygen atoms in total. The minimum atomic E-state index is 0.475. The first kappa shape index (κ1) is 12.6. The highest BCUT2D eigenvalue weighted by molar-refractivity contribution is 5.72. The number of hydrogen-bond donors (Lipinski definition) is 2. The molecule has 0 amide bonds. The van der Waals surface area contributed by atoms with Gasteiger partial charge in [-0.15, -0.1) is 0 Å². The minimum Gasteiger partial charge on any atom is -0.487 e. The van der Waals surface area contributed by atoms with Gasteiger partial charge in [0, 0.05) is 14.2 Å². The Morgan fingerprint density at radius 3 is 2.75 bits per heavy atom. The largest absolute Gasteiger partial charge is 0.487 e. The summed E-state index contributed by atoms with van der Waals surface area (Å²) in [6.45, 7) is 3.03. The average molecular weight is 225 g/mol. The Hall–Kier alpha value is -1.49. The number of anilines is 2. The first-order valence-corrected chi connectivity index (χ1v) is 5.31. The maximum absolute atomic E-state index is 5.98. The Balaban J connectivity index is 2.92. The Labute approximate surface area is 96.0 Å². The molecule has 0 aliphatic rings. The summed E-state index contributed by atoms with van der Waals surface area (Å²) >= 11 is 0. The van der Waals surface area contributed by atoms with Crippen LogP contribution < -0.4 is 15.8 Å². The number of nitrogens with two attached hydrogens (primary N) is 1. The Morgan fingerprint density at radius 2 is 2.19 bits per heavy atom. The summed E-state index contributed by atoms with van der Waals surface area (Å²) in [6.07, 6.45) is 2.51. The van der Waals surface area contributed by atoms with Crippen LogP contribution in [0.1, 0.15) is 12.6 Å². The van der Waals surface area contributed by atoms with E-state index in [2.05, 4.69) is 10.3 Å². The van der Waals surface area contributed by atoms with Crippen molar-refractivity contribution in [3.63, 3.8) is 0 Å². The molecule has 0 aliphatic heterocycles. The molecule has 5 heteroatoms. The molecule has 0 saturated heterocycles. The van der Waals surface area contributed by atoms with E-state index in [1.54, 1.807) is 20.4 Å².